The number of nitrogens with zero attached hydrogens (tertiary/aromatic N) is 1. The molecule has 0 heterocycles. The molecular weight excluding hydrogens is 533 g/mol. The molecule has 0 aliphatic rings. The normalized spacial score (nSPS) is 12.2. The Morgan fingerprint density at radius 1 is 0.943 bits per heavy atom. The van der Waals surface area contributed by atoms with Crippen molar-refractivity contribution in [3.63, 3.8) is 0 Å². The maximum Gasteiger partial charge on any atom is 0.339 e. The summed E-state index contributed by atoms with van der Waals surface area (Å²) >= 11 is 18.1. The lowest BCUT2D eigenvalue weighted by Crippen LogP contribution is -2.38. The molecule has 0 aromatic heterocycles. The number of benzene rings is 3. The molecule has 186 valence electrons. The van der Waals surface area contributed by atoms with Crippen LogP contribution in [0.3, 0.4) is 0 Å². The molecule has 0 aliphatic carbocycles. The van der Waals surface area contributed by atoms with Gasteiger partial charge >= 0.3 is 10.1 Å². The van der Waals surface area contributed by atoms with Crippen LogP contribution in [-0.4, -0.2) is 32.4 Å². The largest absolute Gasteiger partial charge is 0.493 e. The van der Waals surface area contributed by atoms with Crippen molar-refractivity contribution in [1.82, 2.24) is 4.90 Å². The lowest BCUT2D eigenvalue weighted by atomic mass is 10.1. The first-order valence-electron chi connectivity index (χ1n) is 10.7. The Hall–Kier alpha value is -2.45. The van der Waals surface area contributed by atoms with Crippen molar-refractivity contribution >= 4 is 50.8 Å². The van der Waals surface area contributed by atoms with Gasteiger partial charge in [0, 0.05) is 12.6 Å². The van der Waals surface area contributed by atoms with Gasteiger partial charge in [-0.2, -0.15) is 8.42 Å². The van der Waals surface area contributed by atoms with Gasteiger partial charge in [-0.05, 0) is 61.4 Å². The summed E-state index contributed by atoms with van der Waals surface area (Å²) < 4.78 is 36.5. The molecule has 0 N–H and O–H groups in total. The summed E-state index contributed by atoms with van der Waals surface area (Å²) in [5, 5.41) is 0.662. The number of carbonyl (C=O) groups excluding carboxylic acids is 1. The highest BCUT2D eigenvalue weighted by molar-refractivity contribution is 7.87. The molecular formula is C25H24Cl3NO5S. The van der Waals surface area contributed by atoms with E-state index in [9.17, 15) is 13.2 Å². The average Bonchev–Trinajstić information content (AvgIpc) is 2.83. The zero-order valence-electron chi connectivity index (χ0n) is 19.3. The summed E-state index contributed by atoms with van der Waals surface area (Å²) in [4.78, 5) is 14.8. The summed E-state index contributed by atoms with van der Waals surface area (Å²) in [6.45, 7) is 4.11. The van der Waals surface area contributed by atoms with Gasteiger partial charge in [0.2, 0.25) is 0 Å². The molecule has 0 unspecified atom stereocenters. The van der Waals surface area contributed by atoms with Crippen molar-refractivity contribution in [3.8, 4) is 11.5 Å². The van der Waals surface area contributed by atoms with Gasteiger partial charge in [-0.1, -0.05) is 59.9 Å². The SMILES string of the molecule is CC[C@@H](C)N(Cc1ccc(OC)c(OS(=O)(=O)c2ccc(Cl)c(Cl)c2)c1)C(=O)c1ccccc1Cl. The van der Waals surface area contributed by atoms with Crippen LogP contribution in [0.5, 0.6) is 11.5 Å². The minimum Gasteiger partial charge on any atom is -0.493 e. The monoisotopic (exact) mass is 555 g/mol. The number of methoxy groups -OCH3 is 1. The second kappa shape index (κ2) is 11.5. The fraction of sp³-hybridized carbons (Fsp3) is 0.240. The number of hydrogen-bond acceptors (Lipinski definition) is 5. The Morgan fingerprint density at radius 3 is 2.29 bits per heavy atom. The molecule has 0 saturated heterocycles. The molecule has 0 fully saturated rings. The number of hydrogen-bond donors (Lipinski definition) is 0. The first-order valence-corrected chi connectivity index (χ1v) is 13.2. The third-order valence-electron chi connectivity index (χ3n) is 5.45. The van der Waals surface area contributed by atoms with Crippen LogP contribution in [0.25, 0.3) is 0 Å². The van der Waals surface area contributed by atoms with Crippen molar-refractivity contribution < 1.29 is 22.1 Å². The summed E-state index contributed by atoms with van der Waals surface area (Å²) in [7, 11) is -2.83. The van der Waals surface area contributed by atoms with Gasteiger partial charge in [-0.25, -0.2) is 0 Å². The Balaban J connectivity index is 1.94. The van der Waals surface area contributed by atoms with E-state index in [2.05, 4.69) is 0 Å². The van der Waals surface area contributed by atoms with Crippen LogP contribution in [0, 0.1) is 0 Å². The maximum absolute atomic E-state index is 13.3. The molecule has 3 rings (SSSR count). The van der Waals surface area contributed by atoms with Crippen LogP contribution >= 0.6 is 34.8 Å². The molecule has 0 radical (unpaired) electrons. The molecule has 3 aromatic rings. The Kier molecular flexibility index (Phi) is 8.94. The summed E-state index contributed by atoms with van der Waals surface area (Å²) in [5.41, 5.74) is 1.03. The predicted molar refractivity (Wildman–Crippen MR) is 138 cm³/mol. The lowest BCUT2D eigenvalue weighted by molar-refractivity contribution is 0.0671. The number of halogens is 3. The quantitative estimate of drug-likeness (QED) is 0.269. The second-order valence-corrected chi connectivity index (χ2v) is 10.5. The van der Waals surface area contributed by atoms with Crippen LogP contribution in [0.2, 0.25) is 15.1 Å². The van der Waals surface area contributed by atoms with E-state index in [0.29, 0.717) is 22.6 Å². The van der Waals surface area contributed by atoms with E-state index in [1.54, 1.807) is 41.3 Å². The van der Waals surface area contributed by atoms with E-state index in [4.69, 9.17) is 43.7 Å². The first kappa shape index (κ1) is 27.1. The molecule has 0 aliphatic heterocycles. The van der Waals surface area contributed by atoms with E-state index >= 15 is 0 Å². The fourth-order valence-electron chi connectivity index (χ4n) is 3.32. The number of rotatable bonds is 9. The minimum atomic E-state index is -4.24. The van der Waals surface area contributed by atoms with Gasteiger partial charge in [-0.15, -0.1) is 0 Å². The third-order valence-corrected chi connectivity index (χ3v) is 7.75. The number of ether oxygens (including phenoxy) is 1. The summed E-state index contributed by atoms with van der Waals surface area (Å²) in [6, 6.07) is 15.5. The highest BCUT2D eigenvalue weighted by Gasteiger charge is 2.25. The Bertz CT molecular complexity index is 1330. The van der Waals surface area contributed by atoms with Crippen molar-refractivity contribution in [2.45, 2.75) is 37.8 Å². The van der Waals surface area contributed by atoms with Crippen molar-refractivity contribution in [2.24, 2.45) is 0 Å². The predicted octanol–water partition coefficient (Wildman–Crippen LogP) is 6.86. The minimum absolute atomic E-state index is 0.0228. The molecule has 0 spiro atoms. The van der Waals surface area contributed by atoms with E-state index in [0.717, 1.165) is 0 Å². The summed E-state index contributed by atoms with van der Waals surface area (Å²) in [5.74, 6) is -0.0399. The zero-order valence-corrected chi connectivity index (χ0v) is 22.4. The second-order valence-electron chi connectivity index (χ2n) is 7.77. The van der Waals surface area contributed by atoms with Crippen molar-refractivity contribution in [2.75, 3.05) is 7.11 Å². The van der Waals surface area contributed by atoms with E-state index in [-0.39, 0.29) is 44.9 Å². The van der Waals surface area contributed by atoms with Gasteiger partial charge in [0.1, 0.15) is 4.90 Å². The van der Waals surface area contributed by atoms with Crippen molar-refractivity contribution in [3.05, 3.63) is 86.9 Å². The summed E-state index contributed by atoms with van der Waals surface area (Å²) in [6.07, 6.45) is 0.710. The number of amides is 1. The fourth-order valence-corrected chi connectivity index (χ4v) is 4.86. The molecule has 1 amide bonds. The van der Waals surface area contributed by atoms with Crippen LogP contribution in [0.4, 0.5) is 0 Å². The van der Waals surface area contributed by atoms with Crippen LogP contribution in [0.15, 0.2) is 65.6 Å². The smallest absolute Gasteiger partial charge is 0.339 e. The zero-order chi connectivity index (χ0) is 25.8. The molecule has 6 nitrogen and oxygen atoms in total. The van der Waals surface area contributed by atoms with Crippen LogP contribution < -0.4 is 8.92 Å². The van der Waals surface area contributed by atoms with Crippen LogP contribution in [0.1, 0.15) is 36.2 Å². The van der Waals surface area contributed by atoms with Gasteiger partial charge in [0.05, 0.1) is 27.7 Å². The standard InChI is InChI=1S/C25H24Cl3NO5S/c1-4-16(2)29(25(30)19-7-5-6-8-20(19)26)15-17-9-12-23(33-3)24(13-17)34-35(31,32)18-10-11-21(27)22(28)14-18/h5-14,16H,4,15H2,1-3H3/t16-/m1/s1. The molecule has 1 atom stereocenters. The van der Waals surface area contributed by atoms with Gasteiger partial charge in [-0.3, -0.25) is 4.79 Å². The molecule has 35 heavy (non-hydrogen) atoms. The van der Waals surface area contributed by atoms with Gasteiger partial charge in [0.25, 0.3) is 5.91 Å². The Labute approximate surface area is 220 Å². The molecule has 3 aromatic carbocycles. The lowest BCUT2D eigenvalue weighted by Gasteiger charge is -2.29. The molecule has 0 saturated carbocycles. The van der Waals surface area contributed by atoms with E-state index in [1.807, 2.05) is 13.8 Å². The first-order chi connectivity index (χ1) is 16.6. The average molecular weight is 557 g/mol. The third kappa shape index (κ3) is 6.41. The maximum atomic E-state index is 13.3. The van der Waals surface area contributed by atoms with Gasteiger partial charge in [0.15, 0.2) is 11.5 Å². The van der Waals surface area contributed by atoms with E-state index in [1.165, 1.54) is 31.4 Å². The highest BCUT2D eigenvalue weighted by atomic mass is 35.5. The van der Waals surface area contributed by atoms with Crippen LogP contribution in [-0.2, 0) is 16.7 Å². The Morgan fingerprint density at radius 2 is 1.66 bits per heavy atom. The van der Waals surface area contributed by atoms with Crippen molar-refractivity contribution in [1.29, 1.82) is 0 Å². The number of carbonyl (C=O) groups is 1. The van der Waals surface area contributed by atoms with E-state index < -0.39 is 10.1 Å². The highest BCUT2D eigenvalue weighted by Crippen LogP contribution is 2.33. The van der Waals surface area contributed by atoms with Gasteiger partial charge < -0.3 is 13.8 Å². The molecule has 10 heteroatoms. The topological polar surface area (TPSA) is 72.9 Å². The molecule has 0 bridgehead atoms.